The summed E-state index contributed by atoms with van der Waals surface area (Å²) < 4.78 is 27.2. The number of hydrogen-bond donors (Lipinski definition) is 1. The molecule has 1 aromatic carbocycles. The third-order valence-corrected chi connectivity index (χ3v) is 4.22. The Labute approximate surface area is 116 Å². The molecule has 8 heteroatoms. The molecular weight excluding hydrogens is 282 g/mol. The third-order valence-electron chi connectivity index (χ3n) is 2.56. The highest BCUT2D eigenvalue weighted by atomic mass is 32.2. The van der Waals surface area contributed by atoms with E-state index in [1.54, 1.807) is 25.2 Å². The number of sulfonamides is 1. The molecule has 20 heavy (non-hydrogen) atoms. The van der Waals surface area contributed by atoms with Gasteiger partial charge in [0.15, 0.2) is 5.03 Å². The summed E-state index contributed by atoms with van der Waals surface area (Å²) >= 11 is 0. The third kappa shape index (κ3) is 2.80. The molecule has 0 bridgehead atoms. The second-order valence-electron chi connectivity index (χ2n) is 4.12. The molecule has 2 aromatic rings. The fraction of sp³-hybridized carbons (Fsp3) is 0.167. The van der Waals surface area contributed by atoms with Gasteiger partial charge in [0.2, 0.25) is 0 Å². The van der Waals surface area contributed by atoms with E-state index in [9.17, 15) is 13.2 Å². The van der Waals surface area contributed by atoms with Crippen LogP contribution in [-0.4, -0.2) is 35.6 Å². The number of aryl methyl sites for hydroxylation is 1. The summed E-state index contributed by atoms with van der Waals surface area (Å²) in [7, 11) is -2.37. The lowest BCUT2D eigenvalue weighted by Crippen LogP contribution is -2.35. The molecule has 0 saturated carbocycles. The molecule has 0 spiro atoms. The lowest BCUT2D eigenvalue weighted by Gasteiger charge is -2.21. The monoisotopic (exact) mass is 295 g/mol. The number of benzene rings is 1. The first-order chi connectivity index (χ1) is 9.41. The Balaban J connectivity index is 2.49. The quantitative estimate of drug-likeness (QED) is 0.876. The van der Waals surface area contributed by atoms with Crippen molar-refractivity contribution in [2.45, 2.75) is 5.03 Å². The minimum atomic E-state index is -4.01. The Morgan fingerprint density at radius 1 is 1.35 bits per heavy atom. The van der Waals surface area contributed by atoms with Crippen LogP contribution in [0.5, 0.6) is 0 Å². The number of carboxylic acids is 1. The van der Waals surface area contributed by atoms with Crippen molar-refractivity contribution in [1.29, 1.82) is 0 Å². The summed E-state index contributed by atoms with van der Waals surface area (Å²) in [6.07, 6.45) is 2.67. The number of carboxylic acid groups (broad SMARTS) is 1. The lowest BCUT2D eigenvalue weighted by molar-refractivity contribution is -0.135. The Kier molecular flexibility index (Phi) is 3.75. The molecule has 0 aliphatic carbocycles. The molecule has 0 fully saturated rings. The first kappa shape index (κ1) is 14.1. The van der Waals surface area contributed by atoms with Gasteiger partial charge in [0, 0.05) is 13.2 Å². The number of para-hydroxylation sites is 1. The zero-order valence-electron chi connectivity index (χ0n) is 10.7. The van der Waals surface area contributed by atoms with Gasteiger partial charge in [-0.15, -0.1) is 0 Å². The van der Waals surface area contributed by atoms with Crippen LogP contribution in [0.4, 0.5) is 5.69 Å². The van der Waals surface area contributed by atoms with Crippen LogP contribution in [-0.2, 0) is 21.9 Å². The lowest BCUT2D eigenvalue weighted by atomic mass is 10.3. The molecule has 0 unspecified atom stereocenters. The molecule has 2 rings (SSSR count). The van der Waals surface area contributed by atoms with Crippen molar-refractivity contribution >= 4 is 21.7 Å². The highest BCUT2D eigenvalue weighted by Crippen LogP contribution is 2.21. The minimum absolute atomic E-state index is 0.190. The Morgan fingerprint density at radius 3 is 2.50 bits per heavy atom. The number of carbonyl (C=O) groups is 1. The first-order valence-electron chi connectivity index (χ1n) is 5.69. The van der Waals surface area contributed by atoms with E-state index in [2.05, 4.69) is 4.98 Å². The summed E-state index contributed by atoms with van der Waals surface area (Å²) in [5.74, 6) is -1.24. The van der Waals surface area contributed by atoms with E-state index in [1.165, 1.54) is 29.2 Å². The van der Waals surface area contributed by atoms with Gasteiger partial charge in [0.1, 0.15) is 6.54 Å². The fourth-order valence-electron chi connectivity index (χ4n) is 1.67. The van der Waals surface area contributed by atoms with Crippen LogP contribution in [0.3, 0.4) is 0 Å². The number of imidazole rings is 1. The summed E-state index contributed by atoms with van der Waals surface area (Å²) in [4.78, 5) is 14.7. The smallest absolute Gasteiger partial charge is 0.324 e. The second kappa shape index (κ2) is 5.33. The van der Waals surface area contributed by atoms with Crippen LogP contribution >= 0.6 is 0 Å². The number of rotatable bonds is 5. The molecule has 0 amide bonds. The Morgan fingerprint density at radius 2 is 2.00 bits per heavy atom. The van der Waals surface area contributed by atoms with Gasteiger partial charge in [0.05, 0.1) is 12.0 Å². The van der Waals surface area contributed by atoms with Crippen molar-refractivity contribution in [2.24, 2.45) is 7.05 Å². The molecule has 7 nitrogen and oxygen atoms in total. The molecule has 0 aliphatic rings. The van der Waals surface area contributed by atoms with Gasteiger partial charge < -0.3 is 9.67 Å². The van der Waals surface area contributed by atoms with Crippen molar-refractivity contribution in [1.82, 2.24) is 9.55 Å². The van der Waals surface area contributed by atoms with Crippen LogP contribution in [0.2, 0.25) is 0 Å². The zero-order chi connectivity index (χ0) is 14.8. The highest BCUT2D eigenvalue weighted by Gasteiger charge is 2.28. The number of hydrogen-bond acceptors (Lipinski definition) is 4. The van der Waals surface area contributed by atoms with E-state index in [4.69, 9.17) is 5.11 Å². The van der Waals surface area contributed by atoms with Crippen molar-refractivity contribution in [3.05, 3.63) is 42.9 Å². The maximum absolute atomic E-state index is 12.5. The van der Waals surface area contributed by atoms with Crippen LogP contribution in [0.1, 0.15) is 0 Å². The van der Waals surface area contributed by atoms with Crippen LogP contribution in [0.25, 0.3) is 0 Å². The molecule has 0 atom stereocenters. The molecule has 0 aliphatic heterocycles. The minimum Gasteiger partial charge on any atom is -0.480 e. The average Bonchev–Trinajstić information content (AvgIpc) is 2.84. The first-order valence-corrected chi connectivity index (χ1v) is 7.13. The SMILES string of the molecule is Cn1cnc(S(=O)(=O)N(CC(=O)O)c2ccccc2)c1. The standard InChI is InChI=1S/C12H13N3O4S/c1-14-7-11(13-9-14)20(18,19)15(8-12(16)17)10-5-3-2-4-6-10/h2-7,9H,8H2,1H3,(H,16,17). The van der Waals surface area contributed by atoms with E-state index in [0.717, 1.165) is 4.31 Å². The topological polar surface area (TPSA) is 92.5 Å². The van der Waals surface area contributed by atoms with Crippen LogP contribution < -0.4 is 4.31 Å². The van der Waals surface area contributed by atoms with E-state index in [1.807, 2.05) is 0 Å². The van der Waals surface area contributed by atoms with Gasteiger partial charge in [0.25, 0.3) is 10.0 Å². The highest BCUT2D eigenvalue weighted by molar-refractivity contribution is 7.92. The molecular formula is C12H13N3O4S. The molecule has 0 saturated heterocycles. The maximum Gasteiger partial charge on any atom is 0.324 e. The summed E-state index contributed by atoms with van der Waals surface area (Å²) in [6, 6.07) is 8.05. The van der Waals surface area contributed by atoms with E-state index in [0.29, 0.717) is 0 Å². The second-order valence-corrected chi connectivity index (χ2v) is 5.93. The van der Waals surface area contributed by atoms with Crippen molar-refractivity contribution < 1.29 is 18.3 Å². The predicted octanol–water partition coefficient (Wildman–Crippen LogP) is 0.700. The van der Waals surface area contributed by atoms with Gasteiger partial charge in [-0.2, -0.15) is 8.42 Å². The maximum atomic E-state index is 12.5. The summed E-state index contributed by atoms with van der Waals surface area (Å²) in [5.41, 5.74) is 0.278. The Bertz CT molecular complexity index is 709. The van der Waals surface area contributed by atoms with Gasteiger partial charge in [-0.05, 0) is 12.1 Å². The van der Waals surface area contributed by atoms with Gasteiger partial charge >= 0.3 is 5.97 Å². The molecule has 0 radical (unpaired) electrons. The van der Waals surface area contributed by atoms with Gasteiger partial charge in [-0.3, -0.25) is 9.10 Å². The van der Waals surface area contributed by atoms with E-state index in [-0.39, 0.29) is 10.7 Å². The average molecular weight is 295 g/mol. The fourth-order valence-corrected chi connectivity index (χ4v) is 3.05. The van der Waals surface area contributed by atoms with Crippen molar-refractivity contribution in [3.63, 3.8) is 0 Å². The molecule has 1 aromatic heterocycles. The van der Waals surface area contributed by atoms with Crippen molar-refractivity contribution in [2.75, 3.05) is 10.8 Å². The summed E-state index contributed by atoms with van der Waals surface area (Å²) in [5, 5.41) is 8.74. The predicted molar refractivity (Wildman–Crippen MR) is 71.8 cm³/mol. The molecule has 106 valence electrons. The normalized spacial score (nSPS) is 11.2. The van der Waals surface area contributed by atoms with Crippen LogP contribution in [0, 0.1) is 0 Å². The number of anilines is 1. The number of aliphatic carboxylic acids is 1. The Hall–Kier alpha value is -2.35. The van der Waals surface area contributed by atoms with E-state index < -0.39 is 22.5 Å². The largest absolute Gasteiger partial charge is 0.480 e. The number of aromatic nitrogens is 2. The van der Waals surface area contributed by atoms with Gasteiger partial charge in [-0.1, -0.05) is 18.2 Å². The van der Waals surface area contributed by atoms with Crippen molar-refractivity contribution in [3.8, 4) is 0 Å². The molecule has 1 N–H and O–H groups in total. The van der Waals surface area contributed by atoms with Crippen LogP contribution in [0.15, 0.2) is 47.9 Å². The van der Waals surface area contributed by atoms with E-state index >= 15 is 0 Å². The summed E-state index contributed by atoms with van der Waals surface area (Å²) in [6.45, 7) is -0.664. The number of nitrogens with zero attached hydrogens (tertiary/aromatic N) is 3. The van der Waals surface area contributed by atoms with Gasteiger partial charge in [-0.25, -0.2) is 4.98 Å². The zero-order valence-corrected chi connectivity index (χ0v) is 11.5. The molecule has 1 heterocycles.